The van der Waals surface area contributed by atoms with Crippen molar-refractivity contribution >= 4 is 22.8 Å². The Morgan fingerprint density at radius 1 is 1.38 bits per heavy atom. The van der Waals surface area contributed by atoms with Crippen LogP contribution in [-0.4, -0.2) is 10.0 Å². The second-order valence-electron chi connectivity index (χ2n) is 2.21. The SMILES string of the molecule is NSC(=O)c1ccc([N+](=O)[O-])cc1. The number of rotatable bonds is 2. The molecule has 0 aromatic heterocycles. The topological polar surface area (TPSA) is 86.2 Å². The van der Waals surface area contributed by atoms with Gasteiger partial charge in [-0.3, -0.25) is 20.0 Å². The normalized spacial score (nSPS) is 9.62. The van der Waals surface area contributed by atoms with Crippen LogP contribution >= 0.6 is 11.9 Å². The minimum Gasteiger partial charge on any atom is -0.280 e. The number of nitro groups is 1. The zero-order valence-corrected chi connectivity index (χ0v) is 7.28. The van der Waals surface area contributed by atoms with Crippen molar-refractivity contribution < 1.29 is 9.72 Å². The smallest absolute Gasteiger partial charge is 0.269 e. The maximum Gasteiger partial charge on any atom is 0.269 e. The average Bonchev–Trinajstić information content (AvgIpc) is 2.17. The van der Waals surface area contributed by atoms with E-state index < -0.39 is 4.92 Å². The molecule has 5 nitrogen and oxygen atoms in total. The molecule has 1 aromatic rings. The van der Waals surface area contributed by atoms with Crippen LogP contribution in [0.3, 0.4) is 0 Å². The van der Waals surface area contributed by atoms with E-state index in [4.69, 9.17) is 5.14 Å². The summed E-state index contributed by atoms with van der Waals surface area (Å²) in [6.07, 6.45) is 0. The predicted octanol–water partition coefficient (Wildman–Crippen LogP) is 1.34. The third kappa shape index (κ3) is 2.27. The minimum absolute atomic E-state index is 0.0430. The first-order valence-electron chi connectivity index (χ1n) is 3.30. The average molecular weight is 198 g/mol. The number of nitrogens with zero attached hydrogens (tertiary/aromatic N) is 1. The highest BCUT2D eigenvalue weighted by Gasteiger charge is 2.07. The van der Waals surface area contributed by atoms with E-state index in [0.29, 0.717) is 17.5 Å². The molecule has 1 rings (SSSR count). The van der Waals surface area contributed by atoms with Gasteiger partial charge in [0, 0.05) is 17.7 Å². The zero-order chi connectivity index (χ0) is 9.84. The highest BCUT2D eigenvalue weighted by Crippen LogP contribution is 2.14. The Hall–Kier alpha value is -1.40. The largest absolute Gasteiger partial charge is 0.280 e. The lowest BCUT2D eigenvalue weighted by Gasteiger charge is -1.95. The van der Waals surface area contributed by atoms with E-state index in [1.807, 2.05) is 0 Å². The van der Waals surface area contributed by atoms with Crippen molar-refractivity contribution in [1.82, 2.24) is 0 Å². The Bertz CT molecular complexity index is 336. The Labute approximate surface area is 78.2 Å². The fourth-order valence-electron chi connectivity index (χ4n) is 0.787. The van der Waals surface area contributed by atoms with Gasteiger partial charge in [-0.1, -0.05) is 0 Å². The molecule has 2 N–H and O–H groups in total. The van der Waals surface area contributed by atoms with Gasteiger partial charge in [-0.15, -0.1) is 0 Å². The van der Waals surface area contributed by atoms with Crippen molar-refractivity contribution in [2.24, 2.45) is 5.14 Å². The number of carbonyl (C=O) groups is 1. The Morgan fingerprint density at radius 3 is 2.31 bits per heavy atom. The standard InChI is InChI=1S/C7H6N2O3S/c8-13-7(10)5-1-3-6(4-2-5)9(11)12/h1-4H,8H2. The molecule has 6 heteroatoms. The van der Waals surface area contributed by atoms with Gasteiger partial charge in [0.05, 0.1) is 4.92 Å². The third-order valence-electron chi connectivity index (χ3n) is 1.42. The fourth-order valence-corrected chi connectivity index (χ4v) is 1.06. The summed E-state index contributed by atoms with van der Waals surface area (Å²) < 4.78 is 0. The number of non-ortho nitro benzene ring substituents is 1. The van der Waals surface area contributed by atoms with Gasteiger partial charge in [0.2, 0.25) is 5.12 Å². The van der Waals surface area contributed by atoms with E-state index in [1.165, 1.54) is 24.3 Å². The molecule has 68 valence electrons. The molecular formula is C7H6N2O3S. The molecule has 13 heavy (non-hydrogen) atoms. The Balaban J connectivity index is 2.93. The van der Waals surface area contributed by atoms with Crippen LogP contribution in [-0.2, 0) is 0 Å². The summed E-state index contributed by atoms with van der Waals surface area (Å²) in [7, 11) is 0. The second-order valence-corrected chi connectivity index (χ2v) is 2.82. The second kappa shape index (κ2) is 4.01. The molecule has 0 fully saturated rings. The van der Waals surface area contributed by atoms with Gasteiger partial charge < -0.3 is 0 Å². The van der Waals surface area contributed by atoms with E-state index in [0.717, 1.165) is 0 Å². The zero-order valence-electron chi connectivity index (χ0n) is 6.47. The molecule has 0 spiro atoms. The van der Waals surface area contributed by atoms with Gasteiger partial charge in [-0.2, -0.15) is 0 Å². The van der Waals surface area contributed by atoms with Crippen LogP contribution in [0.25, 0.3) is 0 Å². The van der Waals surface area contributed by atoms with Gasteiger partial charge in [-0.05, 0) is 24.1 Å². The van der Waals surface area contributed by atoms with Crippen LogP contribution in [0.5, 0.6) is 0 Å². The predicted molar refractivity (Wildman–Crippen MR) is 49.2 cm³/mol. The van der Waals surface area contributed by atoms with Crippen molar-refractivity contribution in [2.45, 2.75) is 0 Å². The van der Waals surface area contributed by atoms with Crippen molar-refractivity contribution in [3.63, 3.8) is 0 Å². The molecule has 0 bridgehead atoms. The summed E-state index contributed by atoms with van der Waals surface area (Å²) >= 11 is 0.583. The van der Waals surface area contributed by atoms with E-state index in [2.05, 4.69) is 0 Å². The lowest BCUT2D eigenvalue weighted by molar-refractivity contribution is -0.384. The monoisotopic (exact) mass is 198 g/mol. The quantitative estimate of drug-likeness (QED) is 0.440. The molecule has 0 aliphatic heterocycles. The van der Waals surface area contributed by atoms with Gasteiger partial charge in [0.25, 0.3) is 5.69 Å². The van der Waals surface area contributed by atoms with E-state index in [1.54, 1.807) is 0 Å². The third-order valence-corrected chi connectivity index (χ3v) is 1.87. The number of hydrogen-bond donors (Lipinski definition) is 1. The molecule has 1 aromatic carbocycles. The highest BCUT2D eigenvalue weighted by molar-refractivity contribution is 8.12. The van der Waals surface area contributed by atoms with Crippen LogP contribution in [0.1, 0.15) is 10.4 Å². The molecule has 0 atom stereocenters. The highest BCUT2D eigenvalue weighted by atomic mass is 32.2. The first kappa shape index (κ1) is 9.69. The van der Waals surface area contributed by atoms with Crippen molar-refractivity contribution in [2.75, 3.05) is 0 Å². The lowest BCUT2D eigenvalue weighted by Crippen LogP contribution is -1.97. The maximum absolute atomic E-state index is 11.0. The Kier molecular flexibility index (Phi) is 2.99. The van der Waals surface area contributed by atoms with Crippen molar-refractivity contribution in [1.29, 1.82) is 0 Å². The molecule has 0 aliphatic carbocycles. The van der Waals surface area contributed by atoms with Crippen LogP contribution in [0.15, 0.2) is 24.3 Å². The van der Waals surface area contributed by atoms with Crippen LogP contribution in [0, 0.1) is 10.1 Å². The first-order chi connectivity index (χ1) is 6.15. The minimum atomic E-state index is -0.524. The van der Waals surface area contributed by atoms with Crippen LogP contribution in [0.2, 0.25) is 0 Å². The summed E-state index contributed by atoms with van der Waals surface area (Å²) in [5.41, 5.74) is 0.316. The summed E-state index contributed by atoms with van der Waals surface area (Å²) in [6, 6.07) is 5.29. The lowest BCUT2D eigenvalue weighted by atomic mass is 10.2. The van der Waals surface area contributed by atoms with Crippen LogP contribution < -0.4 is 5.14 Å². The molecule has 0 heterocycles. The van der Waals surface area contributed by atoms with Crippen molar-refractivity contribution in [3.8, 4) is 0 Å². The van der Waals surface area contributed by atoms with Crippen LogP contribution in [0.4, 0.5) is 5.69 Å². The fraction of sp³-hybridized carbons (Fsp3) is 0. The number of carbonyl (C=O) groups excluding carboxylic acids is 1. The summed E-state index contributed by atoms with van der Waals surface area (Å²) in [4.78, 5) is 20.7. The van der Waals surface area contributed by atoms with Gasteiger partial charge in [0.1, 0.15) is 0 Å². The van der Waals surface area contributed by atoms with E-state index in [9.17, 15) is 14.9 Å². The summed E-state index contributed by atoms with van der Waals surface area (Å²) in [6.45, 7) is 0. The molecule has 0 saturated carbocycles. The van der Waals surface area contributed by atoms with E-state index >= 15 is 0 Å². The molecule has 0 saturated heterocycles. The van der Waals surface area contributed by atoms with E-state index in [-0.39, 0.29) is 10.8 Å². The van der Waals surface area contributed by atoms with Gasteiger partial charge >= 0.3 is 0 Å². The summed E-state index contributed by atoms with van der Waals surface area (Å²) in [5, 5.41) is 15.0. The number of nitro benzene ring substituents is 1. The van der Waals surface area contributed by atoms with Gasteiger partial charge in [-0.25, -0.2) is 0 Å². The van der Waals surface area contributed by atoms with Gasteiger partial charge in [0.15, 0.2) is 0 Å². The molecule has 0 unspecified atom stereocenters. The van der Waals surface area contributed by atoms with Crippen molar-refractivity contribution in [3.05, 3.63) is 39.9 Å². The number of nitrogens with two attached hydrogens (primary N) is 1. The Morgan fingerprint density at radius 2 is 1.92 bits per heavy atom. The molecule has 0 aliphatic rings. The maximum atomic E-state index is 11.0. The molecule has 0 amide bonds. The number of hydrogen-bond acceptors (Lipinski definition) is 5. The molecule has 0 radical (unpaired) electrons. The first-order valence-corrected chi connectivity index (χ1v) is 4.18. The summed E-state index contributed by atoms with van der Waals surface area (Å²) in [5.74, 6) is 0. The number of benzene rings is 1. The molecular weight excluding hydrogens is 192 g/mol.